The Kier molecular flexibility index (Phi) is 6.28. The van der Waals surface area contributed by atoms with E-state index in [2.05, 4.69) is 0 Å². The summed E-state index contributed by atoms with van der Waals surface area (Å²) in [6.45, 7) is 4.58. The zero-order valence-corrected chi connectivity index (χ0v) is 11.8. The summed E-state index contributed by atoms with van der Waals surface area (Å²) in [5.74, 6) is 0.661. The Balaban J connectivity index is 2.67. The van der Waals surface area contributed by atoms with E-state index in [1.165, 1.54) is 0 Å². The van der Waals surface area contributed by atoms with Crippen LogP contribution in [0.1, 0.15) is 44.8 Å². The average molecular weight is 267 g/mol. The zero-order valence-electron chi connectivity index (χ0n) is 11.8. The molecule has 0 saturated heterocycles. The first-order valence-electron chi connectivity index (χ1n) is 6.88. The van der Waals surface area contributed by atoms with E-state index in [9.17, 15) is 10.2 Å². The molecule has 4 N–H and O–H groups in total. The third-order valence-electron chi connectivity index (χ3n) is 3.51. The number of aliphatic hydroxyl groups is 2. The van der Waals surface area contributed by atoms with Gasteiger partial charge in [0.1, 0.15) is 12.4 Å². The summed E-state index contributed by atoms with van der Waals surface area (Å²) in [4.78, 5) is 0. The van der Waals surface area contributed by atoms with Crippen LogP contribution in [0.15, 0.2) is 24.3 Å². The van der Waals surface area contributed by atoms with Crippen molar-refractivity contribution in [3.8, 4) is 5.75 Å². The number of nitrogens with two attached hydrogens (primary N) is 1. The van der Waals surface area contributed by atoms with Crippen LogP contribution in [0.3, 0.4) is 0 Å². The summed E-state index contributed by atoms with van der Waals surface area (Å²) in [6.07, 6.45) is 1.26. The maximum absolute atomic E-state index is 10.2. The highest BCUT2D eigenvalue weighted by atomic mass is 16.5. The van der Waals surface area contributed by atoms with Gasteiger partial charge in [-0.25, -0.2) is 0 Å². The van der Waals surface area contributed by atoms with Gasteiger partial charge in [-0.1, -0.05) is 26.0 Å². The fourth-order valence-electron chi connectivity index (χ4n) is 1.81. The van der Waals surface area contributed by atoms with E-state index in [1.807, 2.05) is 32.0 Å². The van der Waals surface area contributed by atoms with E-state index < -0.39 is 11.7 Å². The standard InChI is InChI=1S/C15H25NO3/c1-3-15(18,4-2)11-19-13-7-5-6-12(10-13)14(17)8-9-16/h5-7,10,14,17-18H,3-4,8-9,11,16H2,1-2H3/t14-/m0/s1. The molecule has 0 aromatic heterocycles. The van der Waals surface area contributed by atoms with Crippen molar-refractivity contribution in [2.75, 3.05) is 13.2 Å². The normalized spacial score (nSPS) is 13.3. The Bertz CT molecular complexity index is 377. The molecule has 108 valence electrons. The molecule has 0 unspecified atom stereocenters. The van der Waals surface area contributed by atoms with Gasteiger partial charge in [-0.2, -0.15) is 0 Å². The first-order chi connectivity index (χ1) is 9.04. The van der Waals surface area contributed by atoms with Crippen LogP contribution < -0.4 is 10.5 Å². The molecule has 4 nitrogen and oxygen atoms in total. The number of ether oxygens (including phenoxy) is 1. The van der Waals surface area contributed by atoms with Crippen molar-refractivity contribution in [3.63, 3.8) is 0 Å². The van der Waals surface area contributed by atoms with Crippen molar-refractivity contribution in [1.29, 1.82) is 0 Å². The molecule has 0 saturated carbocycles. The fourth-order valence-corrected chi connectivity index (χ4v) is 1.81. The van der Waals surface area contributed by atoms with Crippen LogP contribution in [-0.2, 0) is 0 Å². The molecule has 0 radical (unpaired) electrons. The lowest BCUT2D eigenvalue weighted by Gasteiger charge is -2.25. The highest BCUT2D eigenvalue weighted by Crippen LogP contribution is 2.23. The Morgan fingerprint density at radius 1 is 1.32 bits per heavy atom. The molecule has 19 heavy (non-hydrogen) atoms. The molecule has 1 rings (SSSR count). The van der Waals surface area contributed by atoms with E-state index in [0.717, 1.165) is 5.56 Å². The monoisotopic (exact) mass is 267 g/mol. The second kappa shape index (κ2) is 7.48. The molecule has 0 amide bonds. The SMILES string of the molecule is CCC(O)(CC)COc1cccc([C@@H](O)CCN)c1. The van der Waals surface area contributed by atoms with Gasteiger partial charge < -0.3 is 20.7 Å². The van der Waals surface area contributed by atoms with E-state index in [-0.39, 0.29) is 6.61 Å². The maximum atomic E-state index is 10.2. The molecule has 0 fully saturated rings. The molecule has 0 aliphatic heterocycles. The topological polar surface area (TPSA) is 75.7 Å². The summed E-state index contributed by atoms with van der Waals surface area (Å²) >= 11 is 0. The van der Waals surface area contributed by atoms with Gasteiger partial charge in [0.15, 0.2) is 0 Å². The van der Waals surface area contributed by atoms with Gasteiger partial charge in [0, 0.05) is 0 Å². The first kappa shape index (κ1) is 16.0. The van der Waals surface area contributed by atoms with Crippen LogP contribution in [0.4, 0.5) is 0 Å². The Hall–Kier alpha value is -1.10. The van der Waals surface area contributed by atoms with Gasteiger partial charge in [-0.15, -0.1) is 0 Å². The average Bonchev–Trinajstić information content (AvgIpc) is 2.45. The number of aliphatic hydroxyl groups excluding tert-OH is 1. The first-order valence-corrected chi connectivity index (χ1v) is 6.88. The number of benzene rings is 1. The van der Waals surface area contributed by atoms with Gasteiger partial charge in [0.05, 0.1) is 11.7 Å². The molecule has 4 heteroatoms. The van der Waals surface area contributed by atoms with Gasteiger partial charge in [-0.3, -0.25) is 0 Å². The molecule has 0 bridgehead atoms. The highest BCUT2D eigenvalue weighted by molar-refractivity contribution is 5.30. The molecule has 1 aromatic rings. The summed E-state index contributed by atoms with van der Waals surface area (Å²) in [5, 5.41) is 20.0. The van der Waals surface area contributed by atoms with Crippen molar-refractivity contribution in [2.45, 2.75) is 44.8 Å². The van der Waals surface area contributed by atoms with Crippen LogP contribution >= 0.6 is 0 Å². The molecular formula is C15H25NO3. The Morgan fingerprint density at radius 2 is 2.00 bits per heavy atom. The van der Waals surface area contributed by atoms with Crippen LogP contribution in [0, 0.1) is 0 Å². The molecule has 1 atom stereocenters. The summed E-state index contributed by atoms with van der Waals surface area (Å²) in [6, 6.07) is 7.30. The lowest BCUT2D eigenvalue weighted by molar-refractivity contribution is -0.0114. The minimum Gasteiger partial charge on any atom is -0.491 e. The predicted molar refractivity (Wildman–Crippen MR) is 76.1 cm³/mol. The number of rotatable bonds is 8. The molecule has 0 aliphatic carbocycles. The molecule has 1 aromatic carbocycles. The second-order valence-electron chi connectivity index (χ2n) is 4.89. The van der Waals surface area contributed by atoms with Crippen molar-refractivity contribution >= 4 is 0 Å². The molecule has 0 aliphatic rings. The largest absolute Gasteiger partial charge is 0.491 e. The van der Waals surface area contributed by atoms with Gasteiger partial charge in [0.2, 0.25) is 0 Å². The van der Waals surface area contributed by atoms with E-state index in [4.69, 9.17) is 10.5 Å². The fraction of sp³-hybridized carbons (Fsp3) is 0.600. The van der Waals surface area contributed by atoms with E-state index >= 15 is 0 Å². The number of hydrogen-bond acceptors (Lipinski definition) is 4. The minimum absolute atomic E-state index is 0.260. The quantitative estimate of drug-likeness (QED) is 0.673. The van der Waals surface area contributed by atoms with Crippen LogP contribution in [0.2, 0.25) is 0 Å². The van der Waals surface area contributed by atoms with E-state index in [0.29, 0.717) is 31.6 Å². The highest BCUT2D eigenvalue weighted by Gasteiger charge is 2.23. The minimum atomic E-state index is -0.786. The van der Waals surface area contributed by atoms with Gasteiger partial charge >= 0.3 is 0 Å². The van der Waals surface area contributed by atoms with Crippen LogP contribution in [0.5, 0.6) is 5.75 Å². The van der Waals surface area contributed by atoms with Crippen molar-refractivity contribution in [1.82, 2.24) is 0 Å². The summed E-state index contributed by atoms with van der Waals surface area (Å²) in [7, 11) is 0. The Labute approximate surface area is 115 Å². The Morgan fingerprint density at radius 3 is 2.58 bits per heavy atom. The smallest absolute Gasteiger partial charge is 0.119 e. The van der Waals surface area contributed by atoms with Crippen LogP contribution in [0.25, 0.3) is 0 Å². The molecule has 0 heterocycles. The lowest BCUT2D eigenvalue weighted by Crippen LogP contribution is -2.34. The van der Waals surface area contributed by atoms with Crippen molar-refractivity contribution in [3.05, 3.63) is 29.8 Å². The molecule has 0 spiro atoms. The van der Waals surface area contributed by atoms with Crippen molar-refractivity contribution in [2.24, 2.45) is 5.73 Å². The third-order valence-corrected chi connectivity index (χ3v) is 3.51. The summed E-state index contributed by atoms with van der Waals surface area (Å²) in [5.41, 5.74) is 5.44. The number of hydrogen-bond donors (Lipinski definition) is 3. The summed E-state index contributed by atoms with van der Waals surface area (Å²) < 4.78 is 5.63. The van der Waals surface area contributed by atoms with Crippen molar-refractivity contribution < 1.29 is 14.9 Å². The van der Waals surface area contributed by atoms with E-state index in [1.54, 1.807) is 6.07 Å². The zero-order chi connectivity index (χ0) is 14.3. The predicted octanol–water partition coefficient (Wildman–Crippen LogP) is 2.00. The van der Waals surface area contributed by atoms with Crippen LogP contribution in [-0.4, -0.2) is 29.0 Å². The molecular weight excluding hydrogens is 242 g/mol. The van der Waals surface area contributed by atoms with Gasteiger partial charge in [0.25, 0.3) is 0 Å². The second-order valence-corrected chi connectivity index (χ2v) is 4.89. The maximum Gasteiger partial charge on any atom is 0.119 e. The third kappa shape index (κ3) is 4.82. The lowest BCUT2D eigenvalue weighted by atomic mass is 9.99. The van der Waals surface area contributed by atoms with Gasteiger partial charge in [-0.05, 0) is 43.5 Å².